The molecular weight excluding hydrogens is 200 g/mol. The lowest BCUT2D eigenvalue weighted by molar-refractivity contribution is 0.110. The lowest BCUT2D eigenvalue weighted by atomic mass is 10.0. The Morgan fingerprint density at radius 1 is 1.25 bits per heavy atom. The van der Waals surface area contributed by atoms with Gasteiger partial charge in [0, 0.05) is 23.2 Å². The third-order valence-electron chi connectivity index (χ3n) is 3.02. The topological polar surface area (TPSA) is 37.9 Å². The zero-order valence-electron chi connectivity index (χ0n) is 9.29. The summed E-state index contributed by atoms with van der Waals surface area (Å²) in [5.41, 5.74) is 5.91. The van der Waals surface area contributed by atoms with Crippen molar-refractivity contribution in [3.8, 4) is 11.3 Å². The Morgan fingerprint density at radius 3 is 2.88 bits per heavy atom. The van der Waals surface area contributed by atoms with Crippen LogP contribution in [0.25, 0.3) is 11.3 Å². The van der Waals surface area contributed by atoms with E-state index in [-0.39, 0.29) is 0 Å². The smallest absolute Gasteiger partial charge is 0.0978 e. The molecule has 16 heavy (non-hydrogen) atoms. The first-order valence-corrected chi connectivity index (χ1v) is 5.55. The molecule has 0 spiro atoms. The maximum absolute atomic E-state index is 5.48. The number of aryl methyl sites for hydroxylation is 1. The monoisotopic (exact) mass is 214 g/mol. The summed E-state index contributed by atoms with van der Waals surface area (Å²) in [5.74, 6) is 0. The van der Waals surface area contributed by atoms with Gasteiger partial charge < -0.3 is 4.74 Å². The minimum Gasteiger partial charge on any atom is -0.376 e. The van der Waals surface area contributed by atoms with Crippen LogP contribution in [0.1, 0.15) is 16.8 Å². The van der Waals surface area contributed by atoms with Crippen LogP contribution >= 0.6 is 0 Å². The first kappa shape index (κ1) is 9.60. The van der Waals surface area contributed by atoms with Gasteiger partial charge in [0.2, 0.25) is 0 Å². The van der Waals surface area contributed by atoms with Gasteiger partial charge in [0.15, 0.2) is 0 Å². The van der Waals surface area contributed by atoms with Crippen molar-refractivity contribution >= 4 is 0 Å². The molecule has 3 heteroatoms. The minimum atomic E-state index is 0.676. The van der Waals surface area contributed by atoms with E-state index in [1.807, 2.05) is 0 Å². The third-order valence-corrected chi connectivity index (χ3v) is 3.02. The van der Waals surface area contributed by atoms with Crippen LogP contribution in [0, 0.1) is 6.92 Å². The Bertz CT molecular complexity index is 499. The number of nitrogens with zero attached hydrogens (tertiary/aromatic N) is 1. The van der Waals surface area contributed by atoms with Crippen LogP contribution in [0.5, 0.6) is 0 Å². The minimum absolute atomic E-state index is 0.676. The standard InChI is InChI=1S/C13H14N2O/c1-9-2-4-10(5-3-9)13-11-8-16-7-6-12(11)14-15-13/h2-5H,6-8H2,1H3,(H,14,15). The molecule has 1 aromatic heterocycles. The summed E-state index contributed by atoms with van der Waals surface area (Å²) in [5, 5.41) is 7.50. The molecular formula is C13H14N2O. The molecule has 1 aliphatic heterocycles. The maximum atomic E-state index is 5.48. The number of nitrogens with one attached hydrogen (secondary N) is 1. The van der Waals surface area contributed by atoms with E-state index in [1.165, 1.54) is 16.8 Å². The molecule has 82 valence electrons. The van der Waals surface area contributed by atoms with E-state index in [4.69, 9.17) is 4.74 Å². The molecule has 0 saturated heterocycles. The van der Waals surface area contributed by atoms with Crippen LogP contribution in [0.2, 0.25) is 0 Å². The Balaban J connectivity index is 2.06. The summed E-state index contributed by atoms with van der Waals surface area (Å²) in [7, 11) is 0. The predicted octanol–water partition coefficient (Wildman–Crippen LogP) is 2.46. The van der Waals surface area contributed by atoms with E-state index >= 15 is 0 Å². The molecule has 0 unspecified atom stereocenters. The molecule has 0 bridgehead atoms. The molecule has 0 saturated carbocycles. The van der Waals surface area contributed by atoms with Crippen LogP contribution in [0.3, 0.4) is 0 Å². The fourth-order valence-corrected chi connectivity index (χ4v) is 2.06. The molecule has 2 aromatic rings. The molecule has 2 heterocycles. The summed E-state index contributed by atoms with van der Waals surface area (Å²) in [6.45, 7) is 3.56. The van der Waals surface area contributed by atoms with Gasteiger partial charge in [0.05, 0.1) is 18.9 Å². The highest BCUT2D eigenvalue weighted by atomic mass is 16.5. The number of ether oxygens (including phenoxy) is 1. The SMILES string of the molecule is Cc1ccc(-c2n[nH]c3c2COCC3)cc1. The van der Waals surface area contributed by atoms with Crippen molar-refractivity contribution in [3.05, 3.63) is 41.1 Å². The number of hydrogen-bond acceptors (Lipinski definition) is 2. The van der Waals surface area contributed by atoms with Crippen LogP contribution in [-0.2, 0) is 17.8 Å². The Kier molecular flexibility index (Phi) is 2.26. The first-order chi connectivity index (χ1) is 7.84. The van der Waals surface area contributed by atoms with Crippen molar-refractivity contribution in [3.63, 3.8) is 0 Å². The third kappa shape index (κ3) is 1.53. The Labute approximate surface area is 94.5 Å². The van der Waals surface area contributed by atoms with Crippen LogP contribution in [0.15, 0.2) is 24.3 Å². The number of rotatable bonds is 1. The number of hydrogen-bond donors (Lipinski definition) is 1. The maximum Gasteiger partial charge on any atom is 0.0978 e. The van der Waals surface area contributed by atoms with Gasteiger partial charge in [-0.25, -0.2) is 0 Å². The van der Waals surface area contributed by atoms with Gasteiger partial charge in [-0.3, -0.25) is 5.10 Å². The van der Waals surface area contributed by atoms with E-state index in [1.54, 1.807) is 0 Å². The Hall–Kier alpha value is -1.61. The van der Waals surface area contributed by atoms with Gasteiger partial charge in [-0.1, -0.05) is 29.8 Å². The normalized spacial score (nSPS) is 14.8. The van der Waals surface area contributed by atoms with E-state index in [9.17, 15) is 0 Å². The number of aromatic amines is 1. The fraction of sp³-hybridized carbons (Fsp3) is 0.308. The highest BCUT2D eigenvalue weighted by Gasteiger charge is 2.17. The van der Waals surface area contributed by atoms with Gasteiger partial charge in [-0.2, -0.15) is 5.10 Å². The van der Waals surface area contributed by atoms with Gasteiger partial charge >= 0.3 is 0 Å². The van der Waals surface area contributed by atoms with Crippen molar-refractivity contribution in [2.24, 2.45) is 0 Å². The van der Waals surface area contributed by atoms with E-state index in [0.717, 1.165) is 24.3 Å². The van der Waals surface area contributed by atoms with Crippen molar-refractivity contribution in [2.45, 2.75) is 20.0 Å². The Morgan fingerprint density at radius 2 is 2.06 bits per heavy atom. The molecule has 0 fully saturated rings. The second-order valence-electron chi connectivity index (χ2n) is 4.20. The van der Waals surface area contributed by atoms with Crippen LogP contribution in [-0.4, -0.2) is 16.8 Å². The van der Waals surface area contributed by atoms with Crippen molar-refractivity contribution in [1.82, 2.24) is 10.2 Å². The number of benzene rings is 1. The predicted molar refractivity (Wildman–Crippen MR) is 62.1 cm³/mol. The lowest BCUT2D eigenvalue weighted by Gasteiger charge is -2.12. The number of aromatic nitrogens is 2. The first-order valence-electron chi connectivity index (χ1n) is 5.55. The summed E-state index contributed by atoms with van der Waals surface area (Å²) < 4.78 is 5.48. The van der Waals surface area contributed by atoms with E-state index in [0.29, 0.717) is 6.61 Å². The van der Waals surface area contributed by atoms with Gasteiger partial charge in [0.1, 0.15) is 0 Å². The van der Waals surface area contributed by atoms with Crippen LogP contribution < -0.4 is 0 Å². The quantitative estimate of drug-likeness (QED) is 0.791. The molecule has 3 rings (SSSR count). The molecule has 0 radical (unpaired) electrons. The average molecular weight is 214 g/mol. The second-order valence-corrected chi connectivity index (χ2v) is 4.20. The lowest BCUT2D eigenvalue weighted by Crippen LogP contribution is -2.08. The molecule has 3 nitrogen and oxygen atoms in total. The van der Waals surface area contributed by atoms with Crippen molar-refractivity contribution < 1.29 is 4.74 Å². The highest BCUT2D eigenvalue weighted by molar-refractivity contribution is 5.64. The largest absolute Gasteiger partial charge is 0.376 e. The van der Waals surface area contributed by atoms with Crippen LogP contribution in [0.4, 0.5) is 0 Å². The highest BCUT2D eigenvalue weighted by Crippen LogP contribution is 2.27. The van der Waals surface area contributed by atoms with E-state index in [2.05, 4.69) is 41.4 Å². The summed E-state index contributed by atoms with van der Waals surface area (Å²) in [6.07, 6.45) is 0.939. The molecule has 1 aliphatic rings. The van der Waals surface area contributed by atoms with Gasteiger partial charge in [-0.05, 0) is 6.92 Å². The molecule has 1 aromatic carbocycles. The number of H-pyrrole nitrogens is 1. The molecule has 0 aliphatic carbocycles. The molecule has 0 atom stereocenters. The zero-order valence-corrected chi connectivity index (χ0v) is 9.29. The van der Waals surface area contributed by atoms with Crippen molar-refractivity contribution in [2.75, 3.05) is 6.61 Å². The number of fused-ring (bicyclic) bond motifs is 1. The fourth-order valence-electron chi connectivity index (χ4n) is 2.06. The molecule has 1 N–H and O–H groups in total. The molecule has 0 amide bonds. The van der Waals surface area contributed by atoms with E-state index < -0.39 is 0 Å². The van der Waals surface area contributed by atoms with Gasteiger partial charge in [0.25, 0.3) is 0 Å². The summed E-state index contributed by atoms with van der Waals surface area (Å²) in [4.78, 5) is 0. The zero-order chi connectivity index (χ0) is 11.0. The summed E-state index contributed by atoms with van der Waals surface area (Å²) in [6, 6.07) is 8.45. The van der Waals surface area contributed by atoms with Gasteiger partial charge in [-0.15, -0.1) is 0 Å². The second kappa shape index (κ2) is 3.76. The van der Waals surface area contributed by atoms with Crippen molar-refractivity contribution in [1.29, 1.82) is 0 Å². The summed E-state index contributed by atoms with van der Waals surface area (Å²) >= 11 is 0. The average Bonchev–Trinajstić information content (AvgIpc) is 2.74.